The molecule has 3 rings (SSSR count). The van der Waals surface area contributed by atoms with Crippen LogP contribution in [0.15, 0.2) is 57.9 Å². The van der Waals surface area contributed by atoms with E-state index in [2.05, 4.69) is 10.1 Å². The topological polar surface area (TPSA) is 59.2 Å². The number of hydrogen-bond acceptors (Lipinski definition) is 5. The van der Waals surface area contributed by atoms with Crippen LogP contribution in [-0.2, 0) is 11.3 Å². The first-order valence-electron chi connectivity index (χ1n) is 8.80. The SMILES string of the molecule is Cc1ccc(S[C@@H](C)C(=O)N(C)Cc2nc(-c3ccc(C)cc3)no2)cc1. The summed E-state index contributed by atoms with van der Waals surface area (Å²) in [7, 11) is 1.75. The van der Waals surface area contributed by atoms with Crippen molar-refractivity contribution in [3.63, 3.8) is 0 Å². The van der Waals surface area contributed by atoms with Gasteiger partial charge in [0.25, 0.3) is 0 Å². The molecule has 1 heterocycles. The summed E-state index contributed by atoms with van der Waals surface area (Å²) in [5.74, 6) is 0.984. The monoisotopic (exact) mass is 381 g/mol. The molecule has 0 saturated carbocycles. The minimum absolute atomic E-state index is 0.0238. The van der Waals surface area contributed by atoms with Crippen molar-refractivity contribution in [3.8, 4) is 11.4 Å². The van der Waals surface area contributed by atoms with Crippen LogP contribution in [0.25, 0.3) is 11.4 Å². The van der Waals surface area contributed by atoms with Crippen molar-refractivity contribution < 1.29 is 9.32 Å². The van der Waals surface area contributed by atoms with Crippen LogP contribution in [0.3, 0.4) is 0 Å². The molecule has 0 fully saturated rings. The first kappa shape index (κ1) is 19.2. The molecule has 27 heavy (non-hydrogen) atoms. The zero-order valence-corrected chi connectivity index (χ0v) is 16.8. The van der Waals surface area contributed by atoms with E-state index in [1.807, 2.05) is 69.3 Å². The highest BCUT2D eigenvalue weighted by molar-refractivity contribution is 8.00. The van der Waals surface area contributed by atoms with Crippen molar-refractivity contribution in [3.05, 3.63) is 65.5 Å². The zero-order chi connectivity index (χ0) is 19.4. The average molecular weight is 382 g/mol. The van der Waals surface area contributed by atoms with Crippen molar-refractivity contribution in [2.24, 2.45) is 0 Å². The Balaban J connectivity index is 1.60. The summed E-state index contributed by atoms with van der Waals surface area (Å²) in [5, 5.41) is 3.82. The normalized spacial score (nSPS) is 12.0. The van der Waals surface area contributed by atoms with Gasteiger partial charge in [-0.2, -0.15) is 4.98 Å². The molecule has 1 aromatic heterocycles. The first-order valence-corrected chi connectivity index (χ1v) is 9.68. The maximum absolute atomic E-state index is 12.6. The van der Waals surface area contributed by atoms with Crippen LogP contribution in [0, 0.1) is 13.8 Å². The molecule has 0 aliphatic rings. The van der Waals surface area contributed by atoms with E-state index in [0.717, 1.165) is 10.5 Å². The summed E-state index contributed by atoms with van der Waals surface area (Å²) in [5.41, 5.74) is 3.27. The lowest BCUT2D eigenvalue weighted by atomic mass is 10.1. The number of aromatic nitrogens is 2. The Hall–Kier alpha value is -2.60. The van der Waals surface area contributed by atoms with Gasteiger partial charge >= 0.3 is 0 Å². The van der Waals surface area contributed by atoms with Crippen LogP contribution >= 0.6 is 11.8 Å². The smallest absolute Gasteiger partial charge is 0.246 e. The van der Waals surface area contributed by atoms with Gasteiger partial charge in [0.2, 0.25) is 17.6 Å². The zero-order valence-electron chi connectivity index (χ0n) is 16.0. The van der Waals surface area contributed by atoms with Crippen molar-refractivity contribution in [1.82, 2.24) is 15.0 Å². The summed E-state index contributed by atoms with van der Waals surface area (Å²) in [6.45, 7) is 6.28. The number of carbonyl (C=O) groups excluding carboxylic acids is 1. The van der Waals surface area contributed by atoms with E-state index < -0.39 is 0 Å². The van der Waals surface area contributed by atoms with E-state index in [0.29, 0.717) is 11.7 Å². The van der Waals surface area contributed by atoms with Crippen LogP contribution < -0.4 is 0 Å². The highest BCUT2D eigenvalue weighted by Gasteiger charge is 2.21. The van der Waals surface area contributed by atoms with E-state index in [9.17, 15) is 4.79 Å². The second kappa shape index (κ2) is 8.39. The first-order chi connectivity index (χ1) is 12.9. The molecule has 140 valence electrons. The van der Waals surface area contributed by atoms with Crippen molar-refractivity contribution in [1.29, 1.82) is 0 Å². The number of thioether (sulfide) groups is 1. The molecule has 2 aromatic carbocycles. The van der Waals surface area contributed by atoms with E-state index in [-0.39, 0.29) is 17.7 Å². The Morgan fingerprint density at radius 3 is 2.30 bits per heavy atom. The van der Waals surface area contributed by atoms with Gasteiger partial charge in [-0.3, -0.25) is 4.79 Å². The number of nitrogens with zero attached hydrogens (tertiary/aromatic N) is 3. The fourth-order valence-electron chi connectivity index (χ4n) is 2.60. The third-order valence-electron chi connectivity index (χ3n) is 4.21. The summed E-state index contributed by atoms with van der Waals surface area (Å²) in [6.07, 6.45) is 0. The predicted octanol–water partition coefficient (Wildman–Crippen LogP) is 4.49. The van der Waals surface area contributed by atoms with E-state index in [1.165, 1.54) is 11.1 Å². The summed E-state index contributed by atoms with van der Waals surface area (Å²) < 4.78 is 5.32. The Morgan fingerprint density at radius 1 is 1.07 bits per heavy atom. The van der Waals surface area contributed by atoms with Crippen LogP contribution in [0.5, 0.6) is 0 Å². The molecule has 0 spiro atoms. The molecule has 0 bridgehead atoms. The van der Waals surface area contributed by atoms with Gasteiger partial charge in [-0.15, -0.1) is 11.8 Å². The molecule has 0 saturated heterocycles. The lowest BCUT2D eigenvalue weighted by Crippen LogP contribution is -2.32. The number of aryl methyl sites for hydroxylation is 2. The quantitative estimate of drug-likeness (QED) is 0.589. The third kappa shape index (κ3) is 4.98. The fraction of sp³-hybridized carbons (Fsp3) is 0.286. The molecule has 0 aliphatic carbocycles. The highest BCUT2D eigenvalue weighted by Crippen LogP contribution is 2.25. The molecule has 6 heteroatoms. The summed E-state index contributed by atoms with van der Waals surface area (Å²) in [4.78, 5) is 19.8. The largest absolute Gasteiger partial charge is 0.337 e. The van der Waals surface area contributed by atoms with Gasteiger partial charge in [0, 0.05) is 17.5 Å². The van der Waals surface area contributed by atoms with Gasteiger partial charge in [-0.1, -0.05) is 52.7 Å². The number of hydrogen-bond donors (Lipinski definition) is 0. The van der Waals surface area contributed by atoms with Crippen LogP contribution in [-0.4, -0.2) is 33.2 Å². The van der Waals surface area contributed by atoms with Crippen LogP contribution in [0.2, 0.25) is 0 Å². The molecule has 1 atom stereocenters. The van der Waals surface area contributed by atoms with E-state index in [1.54, 1.807) is 23.7 Å². The molecule has 3 aromatic rings. The Labute approximate surface area is 163 Å². The minimum atomic E-state index is -0.197. The van der Waals surface area contributed by atoms with Gasteiger partial charge in [-0.05, 0) is 32.9 Å². The van der Waals surface area contributed by atoms with Crippen LogP contribution in [0.1, 0.15) is 23.9 Å². The van der Waals surface area contributed by atoms with Crippen molar-refractivity contribution >= 4 is 17.7 Å². The maximum Gasteiger partial charge on any atom is 0.246 e. The molecule has 0 N–H and O–H groups in total. The van der Waals surface area contributed by atoms with Gasteiger partial charge in [0.15, 0.2) is 0 Å². The third-order valence-corrected chi connectivity index (χ3v) is 5.31. The molecular formula is C21H23N3O2S. The predicted molar refractivity (Wildman–Crippen MR) is 107 cm³/mol. The molecule has 0 radical (unpaired) electrons. The minimum Gasteiger partial charge on any atom is -0.337 e. The number of rotatable bonds is 6. The van der Waals surface area contributed by atoms with Crippen molar-refractivity contribution in [2.75, 3.05) is 7.05 Å². The lowest BCUT2D eigenvalue weighted by molar-refractivity contribution is -0.129. The molecule has 5 nitrogen and oxygen atoms in total. The number of benzene rings is 2. The highest BCUT2D eigenvalue weighted by atomic mass is 32.2. The Bertz CT molecular complexity index is 904. The van der Waals surface area contributed by atoms with Gasteiger partial charge < -0.3 is 9.42 Å². The standard InChI is InChI=1S/C21H23N3O2S/c1-14-5-9-17(10-6-14)20-22-19(26-23-20)13-24(4)21(25)16(3)27-18-11-7-15(2)8-12-18/h5-12,16H,13H2,1-4H3/t16-/m0/s1. The second-order valence-corrected chi connectivity index (χ2v) is 8.06. The molecular weight excluding hydrogens is 358 g/mol. The lowest BCUT2D eigenvalue weighted by Gasteiger charge is -2.19. The number of carbonyl (C=O) groups is 1. The molecule has 1 amide bonds. The Morgan fingerprint density at radius 2 is 1.67 bits per heavy atom. The van der Waals surface area contributed by atoms with Crippen molar-refractivity contribution in [2.45, 2.75) is 37.5 Å². The summed E-state index contributed by atoms with van der Waals surface area (Å²) >= 11 is 1.54. The second-order valence-electron chi connectivity index (χ2n) is 6.65. The van der Waals surface area contributed by atoms with E-state index >= 15 is 0 Å². The Kier molecular flexibility index (Phi) is 5.96. The van der Waals surface area contributed by atoms with Gasteiger partial charge in [0.05, 0.1) is 11.8 Å². The summed E-state index contributed by atoms with van der Waals surface area (Å²) in [6, 6.07) is 16.1. The maximum atomic E-state index is 12.6. The van der Waals surface area contributed by atoms with Gasteiger partial charge in [-0.25, -0.2) is 0 Å². The molecule has 0 unspecified atom stereocenters. The number of amides is 1. The molecule has 0 aliphatic heterocycles. The van der Waals surface area contributed by atoms with E-state index in [4.69, 9.17) is 4.52 Å². The average Bonchev–Trinajstić information content (AvgIpc) is 3.12. The fourth-order valence-corrected chi connectivity index (χ4v) is 3.58. The van der Waals surface area contributed by atoms with Gasteiger partial charge in [0.1, 0.15) is 0 Å². The van der Waals surface area contributed by atoms with Crippen LogP contribution in [0.4, 0.5) is 0 Å².